The molecule has 0 saturated carbocycles. The van der Waals surface area contributed by atoms with Crippen LogP contribution >= 0.6 is 0 Å². The first kappa shape index (κ1) is 27.2. The molecule has 2 heterocycles. The number of anilines is 1. The van der Waals surface area contributed by atoms with Gasteiger partial charge in [0, 0.05) is 25.2 Å². The summed E-state index contributed by atoms with van der Waals surface area (Å²) in [4.78, 5) is 16.9. The fourth-order valence-electron chi connectivity index (χ4n) is 3.23. The zero-order valence-electron chi connectivity index (χ0n) is 22.3. The average Bonchev–Trinajstić information content (AvgIpc) is 3.01. The molecular weight excluding hydrogens is 438 g/mol. The molecular formula is C23H45N3O4Si2. The van der Waals surface area contributed by atoms with Gasteiger partial charge in [0.15, 0.2) is 16.6 Å². The third-order valence-electron chi connectivity index (χ3n) is 7.53. The molecule has 7 nitrogen and oxygen atoms in total. The summed E-state index contributed by atoms with van der Waals surface area (Å²) in [6.45, 7) is 24.8. The molecule has 2 rings (SSSR count). The van der Waals surface area contributed by atoms with Crippen LogP contribution in [0.1, 0.15) is 59.8 Å². The Morgan fingerprint density at radius 3 is 2.19 bits per heavy atom. The maximum absolute atomic E-state index is 12.7. The van der Waals surface area contributed by atoms with Gasteiger partial charge in [0.25, 0.3) is 0 Å². The van der Waals surface area contributed by atoms with Gasteiger partial charge in [-0.3, -0.25) is 4.57 Å². The van der Waals surface area contributed by atoms with Gasteiger partial charge in [-0.15, -0.1) is 0 Å². The molecule has 0 bridgehead atoms. The first-order valence-electron chi connectivity index (χ1n) is 11.6. The summed E-state index contributed by atoms with van der Waals surface area (Å²) in [5.74, 6) is 0.594. The zero-order chi connectivity index (χ0) is 24.7. The van der Waals surface area contributed by atoms with Crippen LogP contribution in [0.4, 0.5) is 5.82 Å². The molecule has 0 aliphatic carbocycles. The zero-order valence-corrected chi connectivity index (χ0v) is 24.3. The lowest BCUT2D eigenvalue weighted by molar-refractivity contribution is -0.0412. The predicted molar refractivity (Wildman–Crippen MR) is 137 cm³/mol. The van der Waals surface area contributed by atoms with Gasteiger partial charge in [0.05, 0.1) is 12.7 Å². The molecule has 1 saturated heterocycles. The van der Waals surface area contributed by atoms with E-state index in [2.05, 4.69) is 78.0 Å². The van der Waals surface area contributed by atoms with Crippen molar-refractivity contribution in [3.05, 3.63) is 22.2 Å². The van der Waals surface area contributed by atoms with Gasteiger partial charge >= 0.3 is 5.69 Å². The second kappa shape index (κ2) is 9.33. The minimum absolute atomic E-state index is 0.0827. The van der Waals surface area contributed by atoms with E-state index in [0.717, 1.165) is 5.56 Å². The Balaban J connectivity index is 2.32. The SMILES string of the molecule is CNc1nc(=O)n([C@H]2C[C@H](O[Si](C)(C)C(C)(C)C)[C@@H](CO[Si](C)(C)C(C)(C)C)O2)cc1C. The fourth-order valence-corrected chi connectivity index (χ4v) is 5.61. The Morgan fingerprint density at radius 1 is 1.12 bits per heavy atom. The second-order valence-corrected chi connectivity index (χ2v) is 21.6. The maximum Gasteiger partial charge on any atom is 0.351 e. The number of hydrogen-bond donors (Lipinski definition) is 1. The molecule has 0 amide bonds. The van der Waals surface area contributed by atoms with E-state index in [0.29, 0.717) is 18.8 Å². The van der Waals surface area contributed by atoms with Crippen molar-refractivity contribution >= 4 is 22.5 Å². The lowest BCUT2D eigenvalue weighted by Gasteiger charge is -2.40. The van der Waals surface area contributed by atoms with Crippen LogP contribution in [-0.2, 0) is 13.6 Å². The first-order chi connectivity index (χ1) is 14.4. The molecule has 1 aliphatic rings. The smallest absolute Gasteiger partial charge is 0.351 e. The third kappa shape index (κ3) is 5.91. The molecule has 9 heteroatoms. The van der Waals surface area contributed by atoms with Gasteiger partial charge in [-0.05, 0) is 43.2 Å². The van der Waals surface area contributed by atoms with E-state index in [1.54, 1.807) is 11.6 Å². The molecule has 0 aromatic carbocycles. The summed E-state index contributed by atoms with van der Waals surface area (Å²) in [5, 5.41) is 3.17. The Labute approximate surface area is 196 Å². The molecule has 1 aromatic rings. The van der Waals surface area contributed by atoms with Crippen molar-refractivity contribution in [3.63, 3.8) is 0 Å². The number of hydrogen-bond acceptors (Lipinski definition) is 6. The molecule has 0 radical (unpaired) electrons. The summed E-state index contributed by atoms with van der Waals surface area (Å²) in [6, 6.07) is 0. The lowest BCUT2D eigenvalue weighted by Crippen LogP contribution is -2.48. The first-order valence-corrected chi connectivity index (χ1v) is 17.5. The maximum atomic E-state index is 12.7. The number of nitrogens with one attached hydrogen (secondary N) is 1. The molecule has 3 atom stereocenters. The number of aromatic nitrogens is 2. The highest BCUT2D eigenvalue weighted by molar-refractivity contribution is 6.74. The molecule has 0 spiro atoms. The van der Waals surface area contributed by atoms with E-state index in [1.165, 1.54) is 0 Å². The minimum atomic E-state index is -2.03. The summed E-state index contributed by atoms with van der Waals surface area (Å²) >= 11 is 0. The molecule has 0 unspecified atom stereocenters. The van der Waals surface area contributed by atoms with Crippen LogP contribution < -0.4 is 11.0 Å². The average molecular weight is 484 g/mol. The van der Waals surface area contributed by atoms with Gasteiger partial charge in [-0.2, -0.15) is 4.98 Å². The van der Waals surface area contributed by atoms with Crippen molar-refractivity contribution in [1.82, 2.24) is 9.55 Å². The highest BCUT2D eigenvalue weighted by Crippen LogP contribution is 2.42. The Morgan fingerprint density at radius 2 is 1.69 bits per heavy atom. The normalized spacial score (nSPS) is 22.9. The molecule has 184 valence electrons. The van der Waals surface area contributed by atoms with Crippen molar-refractivity contribution in [2.75, 3.05) is 19.0 Å². The van der Waals surface area contributed by atoms with Crippen LogP contribution in [0.3, 0.4) is 0 Å². The lowest BCUT2D eigenvalue weighted by atomic mass is 10.2. The van der Waals surface area contributed by atoms with Crippen molar-refractivity contribution < 1.29 is 13.6 Å². The Bertz CT molecular complexity index is 856. The van der Waals surface area contributed by atoms with E-state index in [9.17, 15) is 4.79 Å². The summed E-state index contributed by atoms with van der Waals surface area (Å²) in [5.41, 5.74) is 0.584. The van der Waals surface area contributed by atoms with Crippen LogP contribution in [0.5, 0.6) is 0 Å². The predicted octanol–water partition coefficient (Wildman–Crippen LogP) is 5.29. The minimum Gasteiger partial charge on any atom is -0.414 e. The van der Waals surface area contributed by atoms with E-state index >= 15 is 0 Å². The van der Waals surface area contributed by atoms with Gasteiger partial charge < -0.3 is 18.9 Å². The Kier molecular flexibility index (Phi) is 7.94. The number of rotatable bonds is 7. The van der Waals surface area contributed by atoms with Gasteiger partial charge in [0.2, 0.25) is 0 Å². The van der Waals surface area contributed by atoms with Gasteiger partial charge in [0.1, 0.15) is 18.1 Å². The van der Waals surface area contributed by atoms with Gasteiger partial charge in [-0.25, -0.2) is 4.79 Å². The van der Waals surface area contributed by atoms with E-state index in [4.69, 9.17) is 13.6 Å². The summed E-state index contributed by atoms with van der Waals surface area (Å²) < 4.78 is 21.3. The topological polar surface area (TPSA) is 74.6 Å². The molecule has 32 heavy (non-hydrogen) atoms. The van der Waals surface area contributed by atoms with Crippen molar-refractivity contribution in [2.24, 2.45) is 0 Å². The quantitative estimate of drug-likeness (QED) is 0.531. The molecule has 1 aliphatic heterocycles. The highest BCUT2D eigenvalue weighted by Gasteiger charge is 2.46. The van der Waals surface area contributed by atoms with Crippen LogP contribution in [0, 0.1) is 6.92 Å². The molecule has 1 fully saturated rings. The fraction of sp³-hybridized carbons (Fsp3) is 0.826. The largest absolute Gasteiger partial charge is 0.414 e. The highest BCUT2D eigenvalue weighted by atomic mass is 28.4. The number of ether oxygens (including phenoxy) is 1. The van der Waals surface area contributed by atoms with Crippen molar-refractivity contribution in [2.45, 2.75) is 110 Å². The number of aryl methyl sites for hydroxylation is 1. The van der Waals surface area contributed by atoms with Crippen LogP contribution in [-0.4, -0.2) is 52.0 Å². The standard InChI is InChI=1S/C23H45N3O4Si2/c1-16-14-26(21(27)25-20(16)24-8)19-13-17(30-32(11,12)23(5,6)7)18(29-19)15-28-31(9,10)22(2,3)4/h14,17-19H,13,15H2,1-12H3,(H,24,25,27)/t17-,18+,19+/m0/s1. The number of nitrogens with zero attached hydrogens (tertiary/aromatic N) is 2. The Hall–Kier alpha value is -1.01. The van der Waals surface area contributed by atoms with Gasteiger partial charge in [-0.1, -0.05) is 41.5 Å². The monoisotopic (exact) mass is 483 g/mol. The van der Waals surface area contributed by atoms with Crippen molar-refractivity contribution in [3.8, 4) is 0 Å². The van der Waals surface area contributed by atoms with Crippen molar-refractivity contribution in [1.29, 1.82) is 0 Å². The van der Waals surface area contributed by atoms with Crippen LogP contribution in [0.25, 0.3) is 0 Å². The summed E-state index contributed by atoms with van der Waals surface area (Å²) in [6.07, 6.45) is 1.67. The summed E-state index contributed by atoms with van der Waals surface area (Å²) in [7, 11) is -2.21. The molecule has 1 aromatic heterocycles. The second-order valence-electron chi connectivity index (χ2n) is 12.1. The van der Waals surface area contributed by atoms with Crippen LogP contribution in [0.15, 0.2) is 11.0 Å². The van der Waals surface area contributed by atoms with E-state index in [-0.39, 0.29) is 28.0 Å². The molecule has 1 N–H and O–H groups in total. The third-order valence-corrected chi connectivity index (χ3v) is 16.5. The van der Waals surface area contributed by atoms with E-state index in [1.807, 2.05) is 13.1 Å². The van der Waals surface area contributed by atoms with E-state index < -0.39 is 22.9 Å². The van der Waals surface area contributed by atoms with Crippen LogP contribution in [0.2, 0.25) is 36.3 Å².